The van der Waals surface area contributed by atoms with Crippen LogP contribution in [0.1, 0.15) is 15.9 Å². The van der Waals surface area contributed by atoms with Crippen LogP contribution < -0.4 is 0 Å². The zero-order chi connectivity index (χ0) is 16.6. The number of benzene rings is 1. The maximum absolute atomic E-state index is 13.4. The zero-order valence-corrected chi connectivity index (χ0v) is 12.4. The minimum Gasteiger partial charge on any atom is -0.333 e. The number of nitrogens with zero attached hydrogens (tertiary/aromatic N) is 1. The summed E-state index contributed by atoms with van der Waals surface area (Å²) in [5.74, 6) is -2.26. The number of hydrogen-bond acceptors (Lipinski definition) is 3. The minimum absolute atomic E-state index is 0.217. The van der Waals surface area contributed by atoms with Gasteiger partial charge in [0.15, 0.2) is 0 Å². The van der Waals surface area contributed by atoms with E-state index in [9.17, 15) is 30.8 Å². The Labute approximate surface area is 122 Å². The molecule has 0 fully saturated rings. The SMILES string of the molecule is Cc1c(C(=O)N(C)CC(F)(F)F)cc(F)cc1S(=O)(=O)Cl. The number of carbonyl (C=O) groups excluding carboxylic acids is 1. The molecule has 0 N–H and O–H groups in total. The van der Waals surface area contributed by atoms with Crippen LogP contribution in [0.4, 0.5) is 17.6 Å². The van der Waals surface area contributed by atoms with Crippen molar-refractivity contribution in [3.63, 3.8) is 0 Å². The van der Waals surface area contributed by atoms with E-state index >= 15 is 0 Å². The van der Waals surface area contributed by atoms with E-state index in [-0.39, 0.29) is 5.56 Å². The summed E-state index contributed by atoms with van der Waals surface area (Å²) in [4.78, 5) is 11.5. The molecule has 0 aliphatic carbocycles. The summed E-state index contributed by atoms with van der Waals surface area (Å²) in [7, 11) is 1.64. The van der Waals surface area contributed by atoms with Crippen LogP contribution >= 0.6 is 10.7 Å². The van der Waals surface area contributed by atoms with Gasteiger partial charge >= 0.3 is 6.18 Å². The van der Waals surface area contributed by atoms with Gasteiger partial charge in [0.25, 0.3) is 15.0 Å². The Bertz CT molecular complexity index is 673. The smallest absolute Gasteiger partial charge is 0.333 e. The summed E-state index contributed by atoms with van der Waals surface area (Å²) in [6, 6.07) is 1.26. The first-order chi connectivity index (χ1) is 9.33. The minimum atomic E-state index is -4.63. The molecule has 10 heteroatoms. The van der Waals surface area contributed by atoms with Gasteiger partial charge in [0.1, 0.15) is 12.4 Å². The highest BCUT2D eigenvalue weighted by atomic mass is 35.7. The van der Waals surface area contributed by atoms with Crippen molar-refractivity contribution in [2.75, 3.05) is 13.6 Å². The van der Waals surface area contributed by atoms with Crippen molar-refractivity contribution in [2.24, 2.45) is 0 Å². The van der Waals surface area contributed by atoms with Crippen LogP contribution in [0.3, 0.4) is 0 Å². The summed E-state index contributed by atoms with van der Waals surface area (Å²) < 4.78 is 72.7. The zero-order valence-electron chi connectivity index (χ0n) is 10.8. The fourth-order valence-electron chi connectivity index (χ4n) is 1.68. The van der Waals surface area contributed by atoms with Crippen molar-refractivity contribution in [1.82, 2.24) is 4.90 Å². The molecule has 0 saturated heterocycles. The van der Waals surface area contributed by atoms with Crippen molar-refractivity contribution in [3.05, 3.63) is 29.1 Å². The Hall–Kier alpha value is -1.35. The fourth-order valence-corrected chi connectivity index (χ4v) is 2.89. The van der Waals surface area contributed by atoms with Gasteiger partial charge in [0, 0.05) is 23.3 Å². The fraction of sp³-hybridized carbons (Fsp3) is 0.364. The molecule has 0 aliphatic rings. The third-order valence-electron chi connectivity index (χ3n) is 2.58. The van der Waals surface area contributed by atoms with E-state index in [2.05, 4.69) is 0 Å². The third-order valence-corrected chi connectivity index (χ3v) is 4.03. The molecule has 0 aromatic heterocycles. The Morgan fingerprint density at radius 3 is 2.29 bits per heavy atom. The monoisotopic (exact) mass is 347 g/mol. The summed E-state index contributed by atoms with van der Waals surface area (Å²) in [6.07, 6.45) is -4.63. The highest BCUT2D eigenvalue weighted by Crippen LogP contribution is 2.25. The predicted octanol–water partition coefficient (Wildman–Crippen LogP) is 2.70. The molecular formula is C11H10ClF4NO3S. The first-order valence-corrected chi connectivity index (χ1v) is 7.71. The van der Waals surface area contributed by atoms with Crippen LogP contribution in [0.2, 0.25) is 0 Å². The number of halogens is 5. The lowest BCUT2D eigenvalue weighted by molar-refractivity contribution is -0.138. The topological polar surface area (TPSA) is 54.5 Å². The number of carbonyl (C=O) groups is 1. The number of rotatable bonds is 3. The van der Waals surface area contributed by atoms with Crippen molar-refractivity contribution in [3.8, 4) is 0 Å². The first kappa shape index (κ1) is 17.7. The molecule has 1 rings (SSSR count). The van der Waals surface area contributed by atoms with Gasteiger partial charge in [0.2, 0.25) is 0 Å². The third kappa shape index (κ3) is 4.57. The molecule has 1 aromatic rings. The second-order valence-corrected chi connectivity index (χ2v) is 6.83. The van der Waals surface area contributed by atoms with Gasteiger partial charge in [-0.25, -0.2) is 12.8 Å². The van der Waals surface area contributed by atoms with E-state index in [1.807, 2.05) is 0 Å². The molecule has 1 amide bonds. The van der Waals surface area contributed by atoms with Crippen molar-refractivity contribution < 1.29 is 30.8 Å². The van der Waals surface area contributed by atoms with E-state index in [0.717, 1.165) is 14.0 Å². The highest BCUT2D eigenvalue weighted by Gasteiger charge is 2.32. The van der Waals surface area contributed by atoms with Crippen molar-refractivity contribution in [2.45, 2.75) is 18.0 Å². The Morgan fingerprint density at radius 2 is 1.86 bits per heavy atom. The molecule has 118 valence electrons. The van der Waals surface area contributed by atoms with Gasteiger partial charge < -0.3 is 4.90 Å². The summed E-state index contributed by atoms with van der Waals surface area (Å²) >= 11 is 0. The molecular weight excluding hydrogens is 338 g/mol. The van der Waals surface area contributed by atoms with Crippen LogP contribution in [0.25, 0.3) is 0 Å². The number of alkyl halides is 3. The molecule has 4 nitrogen and oxygen atoms in total. The lowest BCUT2D eigenvalue weighted by Crippen LogP contribution is -2.36. The van der Waals surface area contributed by atoms with Gasteiger partial charge in [-0.2, -0.15) is 13.2 Å². The molecule has 0 radical (unpaired) electrons. The molecule has 0 atom stereocenters. The van der Waals surface area contributed by atoms with Gasteiger partial charge in [0.05, 0.1) is 4.90 Å². The standard InChI is InChI=1S/C11H10ClF4NO3S/c1-6-8(10(18)17(2)5-11(14,15)16)3-7(13)4-9(6)21(12,19)20/h3-4H,5H2,1-2H3. The molecule has 0 spiro atoms. The lowest BCUT2D eigenvalue weighted by Gasteiger charge is -2.20. The predicted molar refractivity (Wildman–Crippen MR) is 67.2 cm³/mol. The number of hydrogen-bond donors (Lipinski definition) is 0. The second-order valence-electron chi connectivity index (χ2n) is 4.29. The second kappa shape index (κ2) is 5.80. The van der Waals surface area contributed by atoms with Crippen LogP contribution in [0.15, 0.2) is 17.0 Å². The van der Waals surface area contributed by atoms with E-state index < -0.39 is 44.0 Å². The average molecular weight is 348 g/mol. The van der Waals surface area contributed by atoms with Gasteiger partial charge in [-0.1, -0.05) is 0 Å². The lowest BCUT2D eigenvalue weighted by atomic mass is 10.1. The van der Waals surface area contributed by atoms with E-state index in [1.165, 1.54) is 0 Å². The van der Waals surface area contributed by atoms with Crippen molar-refractivity contribution in [1.29, 1.82) is 0 Å². The molecule has 0 saturated carbocycles. The molecule has 1 aromatic carbocycles. The average Bonchev–Trinajstić information content (AvgIpc) is 2.27. The maximum atomic E-state index is 13.4. The summed E-state index contributed by atoms with van der Waals surface area (Å²) in [5.41, 5.74) is -0.716. The van der Waals surface area contributed by atoms with Crippen LogP contribution in [-0.2, 0) is 9.05 Å². The Balaban J connectivity index is 3.32. The van der Waals surface area contributed by atoms with Gasteiger partial charge in [-0.05, 0) is 24.6 Å². The molecule has 0 aliphatic heterocycles. The van der Waals surface area contributed by atoms with E-state index in [4.69, 9.17) is 10.7 Å². The first-order valence-electron chi connectivity index (χ1n) is 5.40. The Kier molecular flexibility index (Phi) is 4.89. The Morgan fingerprint density at radius 1 is 1.33 bits per heavy atom. The van der Waals surface area contributed by atoms with Gasteiger partial charge in [-0.15, -0.1) is 0 Å². The van der Waals surface area contributed by atoms with Gasteiger partial charge in [-0.3, -0.25) is 4.79 Å². The molecule has 0 bridgehead atoms. The van der Waals surface area contributed by atoms with Crippen LogP contribution in [-0.4, -0.2) is 39.0 Å². The maximum Gasteiger partial charge on any atom is 0.406 e. The van der Waals surface area contributed by atoms with Crippen LogP contribution in [0, 0.1) is 12.7 Å². The quantitative estimate of drug-likeness (QED) is 0.624. The largest absolute Gasteiger partial charge is 0.406 e. The number of amides is 1. The molecule has 21 heavy (non-hydrogen) atoms. The molecule has 0 unspecified atom stereocenters. The normalized spacial score (nSPS) is 12.3. The van der Waals surface area contributed by atoms with Crippen molar-refractivity contribution >= 4 is 25.6 Å². The molecule has 0 heterocycles. The van der Waals surface area contributed by atoms with E-state index in [0.29, 0.717) is 17.0 Å². The summed E-state index contributed by atoms with van der Waals surface area (Å²) in [6.45, 7) is -0.395. The van der Waals surface area contributed by atoms with Crippen LogP contribution in [0.5, 0.6) is 0 Å². The van der Waals surface area contributed by atoms with E-state index in [1.54, 1.807) is 0 Å². The summed E-state index contributed by atoms with van der Waals surface area (Å²) in [5, 5.41) is 0. The highest BCUT2D eigenvalue weighted by molar-refractivity contribution is 8.13.